The molecule has 0 saturated heterocycles. The van der Waals surface area contributed by atoms with Crippen molar-refractivity contribution in [1.29, 1.82) is 0 Å². The van der Waals surface area contributed by atoms with Gasteiger partial charge in [0, 0.05) is 6.54 Å². The Morgan fingerprint density at radius 3 is 2.55 bits per heavy atom. The summed E-state index contributed by atoms with van der Waals surface area (Å²) in [6.45, 7) is -0.0791. The molecule has 106 valence electrons. The number of anilines is 1. The average Bonchev–Trinajstić information content (AvgIpc) is 2.68. The Balaban J connectivity index is 2.43. The van der Waals surface area contributed by atoms with Gasteiger partial charge in [0.15, 0.2) is 0 Å². The van der Waals surface area contributed by atoms with Crippen LogP contribution in [0.25, 0.3) is 0 Å². The van der Waals surface area contributed by atoms with Gasteiger partial charge in [0.1, 0.15) is 4.83 Å². The number of rotatable bonds is 3. The lowest BCUT2D eigenvalue weighted by molar-refractivity contribution is -0.139. The molecule has 2 rings (SSSR count). The zero-order chi connectivity index (χ0) is 15.0. The summed E-state index contributed by atoms with van der Waals surface area (Å²) in [7, 11) is 1.23. The van der Waals surface area contributed by atoms with Crippen molar-refractivity contribution in [3.05, 3.63) is 27.7 Å². The van der Waals surface area contributed by atoms with Crippen LogP contribution in [-0.2, 0) is 14.3 Å². The lowest BCUT2D eigenvalue weighted by Gasteiger charge is -2.19. The van der Waals surface area contributed by atoms with Crippen LogP contribution in [0.15, 0.2) is 12.1 Å². The molecule has 1 aromatic rings. The topological polar surface area (TPSA) is 63.7 Å². The molecular weight excluding hydrogens is 373 g/mol. The predicted octanol–water partition coefficient (Wildman–Crippen LogP) is 2.46. The van der Waals surface area contributed by atoms with Crippen LogP contribution in [0, 0.1) is 0 Å². The molecule has 1 aromatic carbocycles. The molecular formula is C12H8BrCl2NO4. The summed E-state index contributed by atoms with van der Waals surface area (Å²) in [6, 6.07) is 2.94. The summed E-state index contributed by atoms with van der Waals surface area (Å²) >= 11 is 15.1. The number of halogens is 3. The Morgan fingerprint density at radius 2 is 1.95 bits per heavy atom. The molecule has 0 saturated carbocycles. The Bertz CT molecular complexity index is 620. The molecule has 8 heteroatoms. The normalized spacial score (nSPS) is 15.3. The van der Waals surface area contributed by atoms with E-state index in [1.807, 2.05) is 0 Å². The van der Waals surface area contributed by atoms with Crippen LogP contribution in [-0.4, -0.2) is 36.1 Å². The van der Waals surface area contributed by atoms with Gasteiger partial charge in [0.25, 0.3) is 11.7 Å². The molecule has 0 fully saturated rings. The van der Waals surface area contributed by atoms with Gasteiger partial charge in [0.2, 0.25) is 0 Å². The number of Topliss-reactive ketones (excluding diaryl/α,β-unsaturated/α-hetero) is 1. The fraction of sp³-hybridized carbons (Fsp3) is 0.250. The molecule has 0 N–H and O–H groups in total. The van der Waals surface area contributed by atoms with Crippen molar-refractivity contribution >= 4 is 62.5 Å². The Labute approximate surface area is 132 Å². The van der Waals surface area contributed by atoms with Crippen LogP contribution in [0.1, 0.15) is 10.4 Å². The maximum Gasteiger partial charge on any atom is 0.321 e. The molecule has 1 atom stereocenters. The Morgan fingerprint density at radius 1 is 1.35 bits per heavy atom. The van der Waals surface area contributed by atoms with E-state index in [-0.39, 0.29) is 27.8 Å². The fourth-order valence-electron chi connectivity index (χ4n) is 1.89. The number of ketones is 1. The smallest absolute Gasteiger partial charge is 0.321 e. The standard InChI is InChI=1S/C12H8BrCl2NO4/c1-20-12(19)5(13)4-16-9-7(15)3-2-6(14)8(9)10(17)11(16)18/h2-3,5H,4H2,1H3. The fourth-order valence-corrected chi connectivity index (χ4v) is 2.86. The summed E-state index contributed by atoms with van der Waals surface area (Å²) in [6.07, 6.45) is 0. The number of carbonyl (C=O) groups is 3. The van der Waals surface area contributed by atoms with Crippen molar-refractivity contribution in [3.63, 3.8) is 0 Å². The number of hydrogen-bond donors (Lipinski definition) is 0. The van der Waals surface area contributed by atoms with Gasteiger partial charge in [-0.15, -0.1) is 0 Å². The van der Waals surface area contributed by atoms with Gasteiger partial charge in [-0.2, -0.15) is 0 Å². The monoisotopic (exact) mass is 379 g/mol. The van der Waals surface area contributed by atoms with E-state index in [0.717, 1.165) is 4.90 Å². The molecule has 1 aliphatic rings. The van der Waals surface area contributed by atoms with Gasteiger partial charge >= 0.3 is 5.97 Å². The molecule has 0 bridgehead atoms. The van der Waals surface area contributed by atoms with E-state index < -0.39 is 22.5 Å². The number of methoxy groups -OCH3 is 1. The Kier molecular flexibility index (Phi) is 4.36. The predicted molar refractivity (Wildman–Crippen MR) is 77.9 cm³/mol. The highest BCUT2D eigenvalue weighted by molar-refractivity contribution is 9.10. The third-order valence-electron chi connectivity index (χ3n) is 2.81. The van der Waals surface area contributed by atoms with E-state index >= 15 is 0 Å². The molecule has 0 aliphatic carbocycles. The number of esters is 1. The lowest BCUT2D eigenvalue weighted by atomic mass is 10.1. The first kappa shape index (κ1) is 15.3. The highest BCUT2D eigenvalue weighted by atomic mass is 79.9. The first-order valence-corrected chi connectivity index (χ1v) is 7.11. The van der Waals surface area contributed by atoms with Crippen LogP contribution < -0.4 is 4.90 Å². The van der Waals surface area contributed by atoms with E-state index in [4.69, 9.17) is 23.2 Å². The minimum absolute atomic E-state index is 0.0636. The van der Waals surface area contributed by atoms with Crippen LogP contribution in [0.3, 0.4) is 0 Å². The van der Waals surface area contributed by atoms with Crippen molar-refractivity contribution in [3.8, 4) is 0 Å². The maximum atomic E-state index is 12.0. The molecule has 5 nitrogen and oxygen atoms in total. The molecule has 1 unspecified atom stereocenters. The Hall–Kier alpha value is -1.11. The first-order chi connectivity index (χ1) is 9.38. The van der Waals surface area contributed by atoms with Crippen LogP contribution in [0.2, 0.25) is 10.0 Å². The zero-order valence-corrected chi connectivity index (χ0v) is 13.3. The summed E-state index contributed by atoms with van der Waals surface area (Å²) in [5.41, 5.74) is 0.288. The summed E-state index contributed by atoms with van der Waals surface area (Å²) in [4.78, 5) is 35.7. The van der Waals surface area contributed by atoms with E-state index in [1.54, 1.807) is 0 Å². The average molecular weight is 381 g/mol. The molecule has 0 radical (unpaired) electrons. The number of hydrogen-bond acceptors (Lipinski definition) is 4. The van der Waals surface area contributed by atoms with E-state index in [0.29, 0.717) is 0 Å². The maximum absolute atomic E-state index is 12.0. The summed E-state index contributed by atoms with van der Waals surface area (Å²) in [5, 5.41) is 0.364. The molecule has 0 aromatic heterocycles. The third-order valence-corrected chi connectivity index (χ3v) is 4.10. The second-order valence-corrected chi connectivity index (χ2v) is 5.91. The van der Waals surface area contributed by atoms with Crippen molar-refractivity contribution in [2.75, 3.05) is 18.6 Å². The molecule has 0 spiro atoms. The number of benzene rings is 1. The number of alkyl halides is 1. The number of ether oxygens (including phenoxy) is 1. The highest BCUT2D eigenvalue weighted by Gasteiger charge is 2.40. The number of fused-ring (bicyclic) bond motifs is 1. The second kappa shape index (κ2) is 5.71. The molecule has 1 heterocycles. The zero-order valence-electron chi connectivity index (χ0n) is 10.2. The summed E-state index contributed by atoms with van der Waals surface area (Å²) in [5.74, 6) is -2.07. The summed E-state index contributed by atoms with van der Waals surface area (Å²) < 4.78 is 4.56. The van der Waals surface area contributed by atoms with Crippen LogP contribution in [0.4, 0.5) is 5.69 Å². The van der Waals surface area contributed by atoms with Crippen molar-refractivity contribution in [2.45, 2.75) is 4.83 Å². The number of amides is 1. The second-order valence-electron chi connectivity index (χ2n) is 3.99. The number of carbonyl (C=O) groups excluding carboxylic acids is 3. The largest absolute Gasteiger partial charge is 0.468 e. The van der Waals surface area contributed by atoms with Crippen molar-refractivity contribution in [2.24, 2.45) is 0 Å². The van der Waals surface area contributed by atoms with E-state index in [2.05, 4.69) is 20.7 Å². The van der Waals surface area contributed by atoms with Gasteiger partial charge in [-0.3, -0.25) is 14.4 Å². The quantitative estimate of drug-likeness (QED) is 0.459. The van der Waals surface area contributed by atoms with E-state index in [9.17, 15) is 14.4 Å². The molecule has 1 amide bonds. The van der Waals surface area contributed by atoms with Crippen LogP contribution in [0.5, 0.6) is 0 Å². The van der Waals surface area contributed by atoms with Gasteiger partial charge in [-0.25, -0.2) is 0 Å². The first-order valence-electron chi connectivity index (χ1n) is 5.44. The van der Waals surface area contributed by atoms with Gasteiger partial charge in [0.05, 0.1) is 28.4 Å². The van der Waals surface area contributed by atoms with E-state index in [1.165, 1.54) is 19.2 Å². The van der Waals surface area contributed by atoms with Gasteiger partial charge in [-0.1, -0.05) is 39.1 Å². The highest BCUT2D eigenvalue weighted by Crippen LogP contribution is 2.40. The number of nitrogens with zero attached hydrogens (tertiary/aromatic N) is 1. The molecule has 20 heavy (non-hydrogen) atoms. The van der Waals surface area contributed by atoms with Gasteiger partial charge < -0.3 is 9.64 Å². The van der Waals surface area contributed by atoms with Crippen LogP contribution >= 0.6 is 39.1 Å². The minimum Gasteiger partial charge on any atom is -0.468 e. The van der Waals surface area contributed by atoms with Crippen molar-refractivity contribution in [1.82, 2.24) is 0 Å². The van der Waals surface area contributed by atoms with Gasteiger partial charge in [-0.05, 0) is 12.1 Å². The van der Waals surface area contributed by atoms with Crippen molar-refractivity contribution < 1.29 is 19.1 Å². The minimum atomic E-state index is -0.775. The third kappa shape index (κ3) is 2.43. The SMILES string of the molecule is COC(=O)C(Br)CN1C(=O)C(=O)c2c(Cl)ccc(Cl)c21. The lowest BCUT2D eigenvalue weighted by Crippen LogP contribution is -2.38. The molecule has 1 aliphatic heterocycles.